The maximum atomic E-state index is 9.34. The minimum absolute atomic E-state index is 0.568. The molecule has 1 aromatic rings. The molecule has 2 heterocycles. The molecular formula is C14H12N2O2. The quantitative estimate of drug-likeness (QED) is 0.696. The highest BCUT2D eigenvalue weighted by atomic mass is 16.5. The van der Waals surface area contributed by atoms with Crippen molar-refractivity contribution in [3.63, 3.8) is 0 Å². The first kappa shape index (κ1) is 10.9. The van der Waals surface area contributed by atoms with Gasteiger partial charge in [-0.3, -0.25) is 0 Å². The zero-order valence-electron chi connectivity index (χ0n) is 9.95. The number of ether oxygens (including phenoxy) is 2. The number of fused-ring (bicyclic) bond motifs is 2. The van der Waals surface area contributed by atoms with Crippen LogP contribution in [0.15, 0.2) is 0 Å². The van der Waals surface area contributed by atoms with Crippen LogP contribution >= 0.6 is 0 Å². The second kappa shape index (κ2) is 4.23. The second-order valence-electron chi connectivity index (χ2n) is 4.49. The summed E-state index contributed by atoms with van der Waals surface area (Å²) in [5.74, 6) is 1.23. The molecular weight excluding hydrogens is 228 g/mol. The van der Waals surface area contributed by atoms with Gasteiger partial charge in [-0.15, -0.1) is 0 Å². The average Bonchev–Trinajstić information content (AvgIpc) is 2.44. The predicted octanol–water partition coefficient (Wildman–Crippen LogP) is 2.08. The Hall–Kier alpha value is -2.20. The van der Waals surface area contributed by atoms with Crippen LogP contribution in [0.4, 0.5) is 0 Å². The van der Waals surface area contributed by atoms with Crippen molar-refractivity contribution < 1.29 is 9.47 Å². The highest BCUT2D eigenvalue weighted by Gasteiger charge is 2.29. The van der Waals surface area contributed by atoms with Crippen LogP contribution in [-0.2, 0) is 12.8 Å². The van der Waals surface area contributed by atoms with E-state index < -0.39 is 0 Å². The van der Waals surface area contributed by atoms with E-state index >= 15 is 0 Å². The molecule has 0 aromatic heterocycles. The summed E-state index contributed by atoms with van der Waals surface area (Å²) in [5, 5.41) is 18.7. The van der Waals surface area contributed by atoms with Gasteiger partial charge >= 0.3 is 0 Å². The maximum Gasteiger partial charge on any atom is 0.142 e. The van der Waals surface area contributed by atoms with Crippen molar-refractivity contribution in [1.82, 2.24) is 0 Å². The highest BCUT2D eigenvalue weighted by Crippen LogP contribution is 2.42. The number of nitrogens with zero attached hydrogens (tertiary/aromatic N) is 2. The molecule has 90 valence electrons. The summed E-state index contributed by atoms with van der Waals surface area (Å²) in [6.45, 7) is 1.23. The Kier molecular flexibility index (Phi) is 2.57. The Morgan fingerprint density at radius 3 is 1.61 bits per heavy atom. The number of rotatable bonds is 0. The number of benzene rings is 1. The van der Waals surface area contributed by atoms with E-state index in [1.165, 1.54) is 0 Å². The van der Waals surface area contributed by atoms with Gasteiger partial charge in [-0.2, -0.15) is 10.5 Å². The molecule has 0 saturated carbocycles. The summed E-state index contributed by atoms with van der Waals surface area (Å²) in [5.41, 5.74) is 2.83. The van der Waals surface area contributed by atoms with E-state index in [1.807, 2.05) is 0 Å². The standard InChI is InChI=1S/C14H12N2O2/c15-7-11-9-3-1-5-17-13(9)12(8-16)10-4-2-6-18-14(10)11/h1-6H2. The van der Waals surface area contributed by atoms with Crippen molar-refractivity contribution in [3.8, 4) is 23.6 Å². The fraction of sp³-hybridized carbons (Fsp3) is 0.429. The molecule has 0 N–H and O–H groups in total. The second-order valence-corrected chi connectivity index (χ2v) is 4.49. The van der Waals surface area contributed by atoms with E-state index in [-0.39, 0.29) is 0 Å². The molecule has 0 spiro atoms. The SMILES string of the molecule is N#Cc1c2c(c(C#N)c3c1OCCC3)OCCC2. The molecule has 2 aliphatic rings. The average molecular weight is 240 g/mol. The Labute approximate surface area is 105 Å². The molecule has 3 rings (SSSR count). The van der Waals surface area contributed by atoms with E-state index in [4.69, 9.17) is 9.47 Å². The summed E-state index contributed by atoms with van der Waals surface area (Å²) in [6.07, 6.45) is 3.32. The van der Waals surface area contributed by atoms with Crippen molar-refractivity contribution in [1.29, 1.82) is 10.5 Å². The Balaban J connectivity index is 2.35. The summed E-state index contributed by atoms with van der Waals surface area (Å²) < 4.78 is 11.2. The van der Waals surface area contributed by atoms with Gasteiger partial charge in [-0.25, -0.2) is 0 Å². The van der Waals surface area contributed by atoms with Gasteiger partial charge in [-0.05, 0) is 25.7 Å². The first-order valence-electron chi connectivity index (χ1n) is 6.14. The first-order chi connectivity index (χ1) is 8.86. The van der Waals surface area contributed by atoms with Crippen LogP contribution in [-0.4, -0.2) is 13.2 Å². The van der Waals surface area contributed by atoms with Crippen LogP contribution in [0, 0.1) is 22.7 Å². The minimum Gasteiger partial charge on any atom is -0.492 e. The van der Waals surface area contributed by atoms with Crippen molar-refractivity contribution in [2.75, 3.05) is 13.2 Å². The molecule has 0 amide bonds. The fourth-order valence-electron chi connectivity index (χ4n) is 2.68. The van der Waals surface area contributed by atoms with Gasteiger partial charge in [0.25, 0.3) is 0 Å². The normalized spacial score (nSPS) is 16.3. The van der Waals surface area contributed by atoms with E-state index in [0.29, 0.717) is 35.8 Å². The molecule has 1 aromatic carbocycles. The van der Waals surface area contributed by atoms with Crippen LogP contribution in [0.25, 0.3) is 0 Å². The number of hydrogen-bond acceptors (Lipinski definition) is 4. The summed E-state index contributed by atoms with van der Waals surface area (Å²) in [6, 6.07) is 4.44. The smallest absolute Gasteiger partial charge is 0.142 e. The van der Waals surface area contributed by atoms with Crippen LogP contribution in [0.5, 0.6) is 11.5 Å². The molecule has 4 heteroatoms. The van der Waals surface area contributed by atoms with Gasteiger partial charge in [0, 0.05) is 11.1 Å². The Morgan fingerprint density at radius 1 is 0.778 bits per heavy atom. The van der Waals surface area contributed by atoms with E-state index in [9.17, 15) is 10.5 Å². The molecule has 0 saturated heterocycles. The van der Waals surface area contributed by atoms with Gasteiger partial charge < -0.3 is 9.47 Å². The molecule has 0 radical (unpaired) electrons. The third-order valence-electron chi connectivity index (χ3n) is 3.46. The molecule has 0 unspecified atom stereocenters. The Bertz CT molecular complexity index is 503. The topological polar surface area (TPSA) is 66.0 Å². The number of nitriles is 2. The van der Waals surface area contributed by atoms with Gasteiger partial charge in [0.1, 0.15) is 34.8 Å². The zero-order chi connectivity index (χ0) is 12.5. The van der Waals surface area contributed by atoms with E-state index in [1.54, 1.807) is 0 Å². The van der Waals surface area contributed by atoms with Gasteiger partial charge in [0.15, 0.2) is 0 Å². The summed E-state index contributed by atoms with van der Waals surface area (Å²) >= 11 is 0. The lowest BCUT2D eigenvalue weighted by molar-refractivity contribution is 0.271. The molecule has 2 aliphatic heterocycles. The van der Waals surface area contributed by atoms with Crippen LogP contribution < -0.4 is 9.47 Å². The lowest BCUT2D eigenvalue weighted by atomic mass is 9.89. The summed E-state index contributed by atoms with van der Waals surface area (Å²) in [4.78, 5) is 0. The third kappa shape index (κ3) is 1.43. The predicted molar refractivity (Wildman–Crippen MR) is 63.5 cm³/mol. The van der Waals surface area contributed by atoms with Gasteiger partial charge in [0.2, 0.25) is 0 Å². The van der Waals surface area contributed by atoms with Crippen molar-refractivity contribution in [2.45, 2.75) is 25.7 Å². The zero-order valence-corrected chi connectivity index (χ0v) is 9.95. The lowest BCUT2D eigenvalue weighted by Crippen LogP contribution is -2.18. The van der Waals surface area contributed by atoms with Crippen molar-refractivity contribution >= 4 is 0 Å². The monoisotopic (exact) mass is 240 g/mol. The minimum atomic E-state index is 0.568. The molecule has 0 atom stereocenters. The van der Waals surface area contributed by atoms with Crippen LogP contribution in [0.1, 0.15) is 35.1 Å². The lowest BCUT2D eigenvalue weighted by Gasteiger charge is -2.26. The molecule has 18 heavy (non-hydrogen) atoms. The molecule has 4 nitrogen and oxygen atoms in total. The molecule has 0 aliphatic carbocycles. The van der Waals surface area contributed by atoms with Crippen molar-refractivity contribution in [2.24, 2.45) is 0 Å². The fourth-order valence-corrected chi connectivity index (χ4v) is 2.68. The van der Waals surface area contributed by atoms with Gasteiger partial charge in [0.05, 0.1) is 13.2 Å². The van der Waals surface area contributed by atoms with Crippen molar-refractivity contribution in [3.05, 3.63) is 22.3 Å². The molecule has 0 bridgehead atoms. The van der Waals surface area contributed by atoms with E-state index in [0.717, 1.165) is 36.8 Å². The van der Waals surface area contributed by atoms with E-state index in [2.05, 4.69) is 12.1 Å². The Morgan fingerprint density at radius 2 is 1.22 bits per heavy atom. The molecule has 0 fully saturated rings. The summed E-state index contributed by atoms with van der Waals surface area (Å²) in [7, 11) is 0. The third-order valence-corrected chi connectivity index (χ3v) is 3.46. The largest absolute Gasteiger partial charge is 0.492 e. The van der Waals surface area contributed by atoms with Crippen LogP contribution in [0.3, 0.4) is 0 Å². The number of hydrogen-bond donors (Lipinski definition) is 0. The highest BCUT2D eigenvalue weighted by molar-refractivity contribution is 5.67. The first-order valence-corrected chi connectivity index (χ1v) is 6.14. The van der Waals surface area contributed by atoms with Crippen LogP contribution in [0.2, 0.25) is 0 Å². The maximum absolute atomic E-state index is 9.34. The van der Waals surface area contributed by atoms with Gasteiger partial charge in [-0.1, -0.05) is 0 Å².